The van der Waals surface area contributed by atoms with E-state index in [0.717, 1.165) is 18.8 Å². The second-order valence-corrected chi connectivity index (χ2v) is 13.8. The Hall–Kier alpha value is -5.26. The first-order chi connectivity index (χ1) is 25.8. The number of nitrogens with zero attached hydrogens (tertiary/aromatic N) is 3. The molecule has 0 saturated carbocycles. The number of amides is 3. The normalized spacial score (nSPS) is 28.4. The van der Waals surface area contributed by atoms with Gasteiger partial charge in [0.1, 0.15) is 23.7 Å². The minimum Gasteiger partial charge on any atom is -0.455 e. The number of esters is 1. The maximum Gasteiger partial charge on any atom is 0.313 e. The standard InChI is InChI=1S/C42H46N4O7/c1-3-44(4-2)30-19-21-31(22-20-30)45-25-13-7-12-18-35(48)43-26-34(29-16-10-6-11-17-29)52-41(51)36-33-23-24-42(53-33)37(36)39(49)46(38(42)40(45)50)32(27-47)28-14-8-5-9-15-28/h5-11,13-17,19-24,32-34,36-38,47H,3-4,12,18,25-27H2,1-2H3,(H,43,48)/b13-7-/t32-,33+,34+,36-,37-,38+,42-/m1/s1. The Morgan fingerprint density at radius 2 is 1.60 bits per heavy atom. The number of hydrogen-bond acceptors (Lipinski definition) is 8. The molecule has 4 aliphatic heterocycles. The van der Waals surface area contributed by atoms with Crippen LogP contribution in [0.15, 0.2) is 109 Å². The predicted molar refractivity (Wildman–Crippen MR) is 200 cm³/mol. The highest BCUT2D eigenvalue weighted by Gasteiger charge is 2.74. The molecule has 0 radical (unpaired) electrons. The molecule has 2 saturated heterocycles. The van der Waals surface area contributed by atoms with Crippen LogP contribution in [0.1, 0.15) is 50.0 Å². The predicted octanol–water partition coefficient (Wildman–Crippen LogP) is 4.50. The molecule has 7 atom stereocenters. The van der Waals surface area contributed by atoms with Crippen LogP contribution in [0, 0.1) is 11.8 Å². The number of hydrogen-bond donors (Lipinski definition) is 2. The number of allylic oxidation sites excluding steroid dienone is 1. The van der Waals surface area contributed by atoms with Crippen molar-refractivity contribution in [3.05, 3.63) is 120 Å². The molecule has 11 heteroatoms. The van der Waals surface area contributed by atoms with Crippen LogP contribution in [0.25, 0.3) is 0 Å². The van der Waals surface area contributed by atoms with Gasteiger partial charge in [-0.3, -0.25) is 19.2 Å². The fourth-order valence-corrected chi connectivity index (χ4v) is 8.35. The van der Waals surface area contributed by atoms with Gasteiger partial charge in [0.05, 0.1) is 31.2 Å². The van der Waals surface area contributed by atoms with Crippen LogP contribution in [-0.2, 0) is 28.7 Å². The van der Waals surface area contributed by atoms with E-state index in [2.05, 4.69) is 24.1 Å². The van der Waals surface area contributed by atoms with Crippen LogP contribution in [0.5, 0.6) is 0 Å². The van der Waals surface area contributed by atoms with Crippen molar-refractivity contribution in [3.8, 4) is 0 Å². The summed E-state index contributed by atoms with van der Waals surface area (Å²) in [6.07, 6.45) is 6.19. The van der Waals surface area contributed by atoms with E-state index in [0.29, 0.717) is 23.2 Å². The molecule has 53 heavy (non-hydrogen) atoms. The Morgan fingerprint density at radius 3 is 2.28 bits per heavy atom. The Balaban J connectivity index is 1.34. The summed E-state index contributed by atoms with van der Waals surface area (Å²) in [5, 5.41) is 13.8. The molecular formula is C42H46N4O7. The lowest BCUT2D eigenvalue weighted by atomic mass is 9.74. The number of anilines is 2. The number of aliphatic hydroxyl groups excluding tert-OH is 1. The van der Waals surface area contributed by atoms with Gasteiger partial charge in [-0.05, 0) is 55.7 Å². The van der Waals surface area contributed by atoms with Crippen molar-refractivity contribution in [3.63, 3.8) is 0 Å². The number of fused-ring (bicyclic) bond motifs is 2. The lowest BCUT2D eigenvalue weighted by Crippen LogP contribution is -2.57. The minimum absolute atomic E-state index is 0.0429. The Morgan fingerprint density at radius 1 is 0.906 bits per heavy atom. The van der Waals surface area contributed by atoms with Crippen molar-refractivity contribution in [2.75, 3.05) is 42.6 Å². The zero-order valence-electron chi connectivity index (χ0n) is 30.0. The van der Waals surface area contributed by atoms with Gasteiger partial charge in [0, 0.05) is 37.4 Å². The van der Waals surface area contributed by atoms with Crippen LogP contribution in [0.2, 0.25) is 0 Å². The molecule has 4 heterocycles. The van der Waals surface area contributed by atoms with Crippen molar-refractivity contribution >= 4 is 35.1 Å². The van der Waals surface area contributed by atoms with Crippen molar-refractivity contribution < 1.29 is 33.8 Å². The van der Waals surface area contributed by atoms with E-state index in [-0.39, 0.29) is 25.4 Å². The molecule has 0 aromatic heterocycles. The van der Waals surface area contributed by atoms with Crippen LogP contribution < -0.4 is 15.1 Å². The fourth-order valence-electron chi connectivity index (χ4n) is 8.35. The molecule has 0 unspecified atom stereocenters. The minimum atomic E-state index is -1.50. The van der Waals surface area contributed by atoms with Crippen LogP contribution in [0.3, 0.4) is 0 Å². The third-order valence-corrected chi connectivity index (χ3v) is 11.0. The third-order valence-electron chi connectivity index (χ3n) is 11.0. The number of carbonyl (C=O) groups is 4. The van der Waals surface area contributed by atoms with Crippen molar-refractivity contribution in [2.45, 2.75) is 56.6 Å². The van der Waals surface area contributed by atoms with Gasteiger partial charge in [0.25, 0.3) is 5.91 Å². The van der Waals surface area contributed by atoms with Crippen molar-refractivity contribution in [1.82, 2.24) is 10.2 Å². The molecule has 2 fully saturated rings. The van der Waals surface area contributed by atoms with Gasteiger partial charge < -0.3 is 34.6 Å². The van der Waals surface area contributed by atoms with E-state index >= 15 is 4.79 Å². The zero-order valence-corrected chi connectivity index (χ0v) is 30.0. The summed E-state index contributed by atoms with van der Waals surface area (Å²) in [6.45, 7) is 5.54. The zero-order chi connectivity index (χ0) is 37.1. The quantitative estimate of drug-likeness (QED) is 0.258. The molecule has 11 nitrogen and oxygen atoms in total. The number of carbonyl (C=O) groups excluding carboxylic acids is 4. The monoisotopic (exact) mass is 718 g/mol. The van der Waals surface area contributed by atoms with E-state index in [9.17, 15) is 19.5 Å². The smallest absolute Gasteiger partial charge is 0.313 e. The van der Waals surface area contributed by atoms with Crippen LogP contribution in [-0.4, -0.2) is 84.2 Å². The van der Waals surface area contributed by atoms with Crippen molar-refractivity contribution in [1.29, 1.82) is 0 Å². The summed E-state index contributed by atoms with van der Waals surface area (Å²) in [4.78, 5) is 62.8. The average molecular weight is 719 g/mol. The lowest BCUT2D eigenvalue weighted by Gasteiger charge is -2.39. The van der Waals surface area contributed by atoms with Gasteiger partial charge in [0.15, 0.2) is 0 Å². The number of rotatable bonds is 8. The summed E-state index contributed by atoms with van der Waals surface area (Å²) in [5.74, 6) is -3.92. The highest BCUT2D eigenvalue weighted by atomic mass is 16.6. The first-order valence-electron chi connectivity index (χ1n) is 18.5. The molecule has 3 aromatic rings. The number of nitrogens with one attached hydrogen (secondary N) is 1. The number of aliphatic hydroxyl groups is 1. The van der Waals surface area contributed by atoms with E-state index in [1.54, 1.807) is 17.1 Å². The Labute approximate surface area is 309 Å². The first kappa shape index (κ1) is 36.1. The molecule has 7 rings (SSSR count). The number of cyclic esters (lactones) is 1. The van der Waals surface area contributed by atoms with Gasteiger partial charge >= 0.3 is 5.97 Å². The second kappa shape index (κ2) is 15.4. The largest absolute Gasteiger partial charge is 0.455 e. The second-order valence-electron chi connectivity index (χ2n) is 13.8. The highest BCUT2D eigenvalue weighted by Crippen LogP contribution is 2.57. The lowest BCUT2D eigenvalue weighted by molar-refractivity contribution is -0.160. The van der Waals surface area contributed by atoms with Gasteiger partial charge in [-0.1, -0.05) is 85.0 Å². The first-order valence-corrected chi connectivity index (χ1v) is 18.5. The summed E-state index contributed by atoms with van der Waals surface area (Å²) in [7, 11) is 0. The van der Waals surface area contributed by atoms with Gasteiger partial charge in [-0.15, -0.1) is 0 Å². The highest BCUT2D eigenvalue weighted by molar-refractivity contribution is 6.05. The Kier molecular flexibility index (Phi) is 10.5. The molecule has 3 amide bonds. The topological polar surface area (TPSA) is 129 Å². The number of ether oxygens (including phenoxy) is 2. The molecular weight excluding hydrogens is 672 g/mol. The maximum atomic E-state index is 15.3. The maximum absolute atomic E-state index is 15.3. The SMILES string of the molecule is CCN(CC)c1ccc(N2C/C=C\CCC(=O)NC[C@@H](c3ccccc3)OC(=O)[C@@H]3[C@@H]4C=C[C@]5(O4)[C@H](C2=O)N([C@H](CO)c2ccccc2)C(=O)[C@@H]35)cc1. The van der Waals surface area contributed by atoms with E-state index in [1.807, 2.05) is 97.1 Å². The van der Waals surface area contributed by atoms with Gasteiger partial charge in [0.2, 0.25) is 11.8 Å². The average Bonchev–Trinajstić information content (AvgIpc) is 3.83. The molecule has 4 aliphatic rings. The fraction of sp³-hybridized carbons (Fsp3) is 0.381. The van der Waals surface area contributed by atoms with E-state index < -0.39 is 66.1 Å². The third kappa shape index (κ3) is 6.64. The van der Waals surface area contributed by atoms with E-state index in [4.69, 9.17) is 9.47 Å². The summed E-state index contributed by atoms with van der Waals surface area (Å²) in [5.41, 5.74) is 1.45. The van der Waals surface area contributed by atoms with Crippen molar-refractivity contribution in [2.24, 2.45) is 11.8 Å². The van der Waals surface area contributed by atoms with Crippen LogP contribution >= 0.6 is 0 Å². The number of benzene rings is 3. The summed E-state index contributed by atoms with van der Waals surface area (Å²) >= 11 is 0. The molecule has 3 aromatic carbocycles. The summed E-state index contributed by atoms with van der Waals surface area (Å²) < 4.78 is 12.8. The molecule has 0 aliphatic carbocycles. The van der Waals surface area contributed by atoms with Crippen LogP contribution in [0.4, 0.5) is 11.4 Å². The Bertz CT molecular complexity index is 1860. The van der Waals surface area contributed by atoms with Gasteiger partial charge in [-0.25, -0.2) is 0 Å². The van der Waals surface area contributed by atoms with Gasteiger partial charge in [-0.2, -0.15) is 0 Å². The molecule has 276 valence electrons. The molecule has 5 bridgehead atoms. The van der Waals surface area contributed by atoms with E-state index in [1.165, 1.54) is 4.90 Å². The summed E-state index contributed by atoms with van der Waals surface area (Å²) in [6, 6.07) is 23.8. The molecule has 1 spiro atoms. The molecule has 2 N–H and O–H groups in total. The number of likely N-dealkylation sites (tertiary alicyclic amines) is 1.